The summed E-state index contributed by atoms with van der Waals surface area (Å²) >= 11 is 0. The molecular weight excluding hydrogens is 356 g/mol. The second-order valence-corrected chi connectivity index (χ2v) is 7.33. The van der Waals surface area contributed by atoms with E-state index in [1.54, 1.807) is 43.3 Å². The highest BCUT2D eigenvalue weighted by molar-refractivity contribution is 7.89. The lowest BCUT2D eigenvalue weighted by Crippen LogP contribution is -2.25. The zero-order chi connectivity index (χ0) is 19.1. The number of rotatable bonds is 3. The van der Waals surface area contributed by atoms with Gasteiger partial charge in [-0.2, -0.15) is 5.10 Å². The number of benzene rings is 2. The van der Waals surface area contributed by atoms with Crippen molar-refractivity contribution in [2.24, 2.45) is 12.2 Å². The van der Waals surface area contributed by atoms with Crippen molar-refractivity contribution in [2.75, 3.05) is 5.32 Å². The SMILES string of the molecule is Cc1ccc(NC(=O)c2nn(C)c(=O)c3ccccc23)cc1S(N)(=O)=O. The number of aryl methyl sites for hydroxylation is 2. The summed E-state index contributed by atoms with van der Waals surface area (Å²) in [5.74, 6) is -0.568. The van der Waals surface area contributed by atoms with Crippen LogP contribution in [0.25, 0.3) is 10.8 Å². The largest absolute Gasteiger partial charge is 0.321 e. The Labute approximate surface area is 149 Å². The Bertz CT molecular complexity index is 1200. The average molecular weight is 372 g/mol. The van der Waals surface area contributed by atoms with Crippen molar-refractivity contribution in [3.05, 3.63) is 64.1 Å². The Morgan fingerprint density at radius 2 is 1.81 bits per heavy atom. The molecule has 1 heterocycles. The smallest absolute Gasteiger partial charge is 0.276 e. The normalized spacial score (nSPS) is 11.5. The van der Waals surface area contributed by atoms with Crippen LogP contribution in [0.2, 0.25) is 0 Å². The summed E-state index contributed by atoms with van der Waals surface area (Å²) < 4.78 is 24.4. The van der Waals surface area contributed by atoms with E-state index in [4.69, 9.17) is 5.14 Å². The highest BCUT2D eigenvalue weighted by atomic mass is 32.2. The van der Waals surface area contributed by atoms with E-state index in [0.717, 1.165) is 4.68 Å². The van der Waals surface area contributed by atoms with Crippen LogP contribution in [0.3, 0.4) is 0 Å². The van der Waals surface area contributed by atoms with Gasteiger partial charge in [0.25, 0.3) is 11.5 Å². The van der Waals surface area contributed by atoms with Crippen LogP contribution in [0.1, 0.15) is 16.1 Å². The molecule has 1 aromatic heterocycles. The molecule has 0 aliphatic heterocycles. The Kier molecular flexibility index (Phi) is 4.34. The maximum Gasteiger partial charge on any atom is 0.276 e. The zero-order valence-corrected chi connectivity index (χ0v) is 14.9. The van der Waals surface area contributed by atoms with E-state index in [1.807, 2.05) is 0 Å². The third-order valence-electron chi connectivity index (χ3n) is 3.92. The number of amides is 1. The minimum absolute atomic E-state index is 0.0560. The molecule has 0 aliphatic carbocycles. The molecule has 1 amide bonds. The van der Waals surface area contributed by atoms with Crippen molar-refractivity contribution in [1.82, 2.24) is 9.78 Å². The summed E-state index contributed by atoms with van der Waals surface area (Å²) in [6.45, 7) is 1.60. The second-order valence-electron chi connectivity index (χ2n) is 5.80. The number of aromatic nitrogens is 2. The molecule has 0 saturated carbocycles. The summed E-state index contributed by atoms with van der Waals surface area (Å²) in [4.78, 5) is 24.7. The van der Waals surface area contributed by atoms with Crippen molar-refractivity contribution < 1.29 is 13.2 Å². The summed E-state index contributed by atoms with van der Waals surface area (Å²) in [5.41, 5.74) is 0.463. The van der Waals surface area contributed by atoms with Crippen molar-refractivity contribution in [3.63, 3.8) is 0 Å². The number of nitrogens with two attached hydrogens (primary N) is 1. The first kappa shape index (κ1) is 17.8. The third-order valence-corrected chi connectivity index (χ3v) is 4.98. The highest BCUT2D eigenvalue weighted by Gasteiger charge is 2.17. The van der Waals surface area contributed by atoms with Crippen LogP contribution < -0.4 is 16.0 Å². The maximum atomic E-state index is 12.7. The van der Waals surface area contributed by atoms with Gasteiger partial charge in [0.15, 0.2) is 5.69 Å². The Morgan fingerprint density at radius 1 is 1.15 bits per heavy atom. The van der Waals surface area contributed by atoms with Crippen LogP contribution in [-0.4, -0.2) is 24.1 Å². The standard InChI is InChI=1S/C17H16N4O4S/c1-10-7-8-11(9-14(10)26(18,24)25)19-16(22)15-12-5-3-4-6-13(12)17(23)21(2)20-15/h3-9H,1-2H3,(H,19,22)(H2,18,24,25). The lowest BCUT2D eigenvalue weighted by molar-refractivity contribution is 0.102. The van der Waals surface area contributed by atoms with Gasteiger partial charge in [-0.3, -0.25) is 9.59 Å². The molecule has 3 aromatic rings. The minimum Gasteiger partial charge on any atom is -0.321 e. The first-order valence-electron chi connectivity index (χ1n) is 7.59. The number of hydrogen-bond acceptors (Lipinski definition) is 5. The van der Waals surface area contributed by atoms with Gasteiger partial charge in [-0.05, 0) is 30.7 Å². The van der Waals surface area contributed by atoms with Gasteiger partial charge >= 0.3 is 0 Å². The van der Waals surface area contributed by atoms with Crippen LogP contribution in [0.15, 0.2) is 52.2 Å². The third kappa shape index (κ3) is 3.22. The van der Waals surface area contributed by atoms with Gasteiger partial charge in [-0.1, -0.05) is 24.3 Å². The molecular formula is C17H16N4O4S. The number of carbonyl (C=O) groups is 1. The van der Waals surface area contributed by atoms with Crippen LogP contribution in [0.4, 0.5) is 5.69 Å². The lowest BCUT2D eigenvalue weighted by Gasteiger charge is -2.10. The van der Waals surface area contributed by atoms with E-state index >= 15 is 0 Å². The molecule has 2 aromatic carbocycles. The maximum absolute atomic E-state index is 12.7. The summed E-state index contributed by atoms with van der Waals surface area (Å²) in [6.07, 6.45) is 0. The lowest BCUT2D eigenvalue weighted by atomic mass is 10.1. The molecule has 0 spiro atoms. The first-order chi connectivity index (χ1) is 12.2. The summed E-state index contributed by atoms with van der Waals surface area (Å²) in [6, 6.07) is 11.0. The topological polar surface area (TPSA) is 124 Å². The average Bonchev–Trinajstić information content (AvgIpc) is 2.58. The van der Waals surface area contributed by atoms with Crippen LogP contribution in [0, 0.1) is 6.92 Å². The molecule has 0 aliphatic rings. The van der Waals surface area contributed by atoms with E-state index in [-0.39, 0.29) is 21.8 Å². The monoisotopic (exact) mass is 372 g/mol. The van der Waals surface area contributed by atoms with Crippen LogP contribution in [0.5, 0.6) is 0 Å². The molecule has 8 nitrogen and oxygen atoms in total. The Morgan fingerprint density at radius 3 is 2.46 bits per heavy atom. The predicted octanol–water partition coefficient (Wildman–Crippen LogP) is 1.14. The van der Waals surface area contributed by atoms with Gasteiger partial charge in [0.2, 0.25) is 10.0 Å². The van der Waals surface area contributed by atoms with Gasteiger partial charge in [0.1, 0.15) is 0 Å². The fourth-order valence-electron chi connectivity index (χ4n) is 2.64. The highest BCUT2D eigenvalue weighted by Crippen LogP contribution is 2.20. The number of fused-ring (bicyclic) bond motifs is 1. The van der Waals surface area contributed by atoms with Crippen molar-refractivity contribution in [1.29, 1.82) is 0 Å². The number of sulfonamides is 1. The van der Waals surface area contributed by atoms with Gasteiger partial charge in [0, 0.05) is 18.1 Å². The zero-order valence-electron chi connectivity index (χ0n) is 14.1. The minimum atomic E-state index is -3.92. The molecule has 9 heteroatoms. The second kappa shape index (κ2) is 6.36. The van der Waals surface area contributed by atoms with E-state index in [1.165, 1.54) is 13.1 Å². The Balaban J connectivity index is 2.06. The number of nitrogens with zero attached hydrogens (tertiary/aromatic N) is 2. The number of hydrogen-bond donors (Lipinski definition) is 2. The predicted molar refractivity (Wildman–Crippen MR) is 97.5 cm³/mol. The number of primary sulfonamides is 1. The van der Waals surface area contributed by atoms with E-state index in [2.05, 4.69) is 10.4 Å². The van der Waals surface area contributed by atoms with Gasteiger partial charge < -0.3 is 5.32 Å². The Hall–Kier alpha value is -3.04. The molecule has 0 bridgehead atoms. The van der Waals surface area contributed by atoms with Crippen molar-refractivity contribution >= 4 is 32.4 Å². The molecule has 0 saturated heterocycles. The van der Waals surface area contributed by atoms with Gasteiger partial charge in [0.05, 0.1) is 10.3 Å². The van der Waals surface area contributed by atoms with E-state index in [0.29, 0.717) is 16.3 Å². The van der Waals surface area contributed by atoms with E-state index < -0.39 is 15.9 Å². The molecule has 0 unspecified atom stereocenters. The fraction of sp³-hybridized carbons (Fsp3) is 0.118. The molecule has 0 atom stereocenters. The molecule has 0 fully saturated rings. The van der Waals surface area contributed by atoms with E-state index in [9.17, 15) is 18.0 Å². The van der Waals surface area contributed by atoms with Crippen molar-refractivity contribution in [3.8, 4) is 0 Å². The molecule has 3 N–H and O–H groups in total. The number of anilines is 1. The molecule has 26 heavy (non-hydrogen) atoms. The number of nitrogens with one attached hydrogen (secondary N) is 1. The quantitative estimate of drug-likeness (QED) is 0.713. The number of carbonyl (C=O) groups excluding carboxylic acids is 1. The molecule has 134 valence electrons. The van der Waals surface area contributed by atoms with Crippen molar-refractivity contribution in [2.45, 2.75) is 11.8 Å². The van der Waals surface area contributed by atoms with Crippen LogP contribution in [-0.2, 0) is 17.1 Å². The fourth-order valence-corrected chi connectivity index (χ4v) is 3.45. The van der Waals surface area contributed by atoms with Gasteiger partial charge in [-0.25, -0.2) is 18.2 Å². The summed E-state index contributed by atoms with van der Waals surface area (Å²) in [5, 5.41) is 12.6. The molecule has 0 radical (unpaired) electrons. The first-order valence-corrected chi connectivity index (χ1v) is 9.14. The summed E-state index contributed by atoms with van der Waals surface area (Å²) in [7, 11) is -2.46. The van der Waals surface area contributed by atoms with Crippen LogP contribution >= 0.6 is 0 Å². The van der Waals surface area contributed by atoms with Gasteiger partial charge in [-0.15, -0.1) is 0 Å². The molecule has 3 rings (SSSR count).